The van der Waals surface area contributed by atoms with Gasteiger partial charge in [0.15, 0.2) is 0 Å². The van der Waals surface area contributed by atoms with E-state index in [0.717, 1.165) is 49.3 Å². The first-order chi connectivity index (χ1) is 18.7. The van der Waals surface area contributed by atoms with Crippen LogP contribution in [0, 0.1) is 5.41 Å². The molecule has 1 aliphatic carbocycles. The first-order valence-corrected chi connectivity index (χ1v) is 14.0. The van der Waals surface area contributed by atoms with Crippen molar-refractivity contribution in [3.63, 3.8) is 0 Å². The second kappa shape index (κ2) is 11.1. The Bertz CT molecular complexity index is 1180. The fraction of sp³-hybridized carbons (Fsp3) is 0.548. The van der Waals surface area contributed by atoms with Gasteiger partial charge in [-0.05, 0) is 65.8 Å². The highest BCUT2D eigenvalue weighted by atomic mass is 16.5. The topological polar surface area (TPSA) is 82.6 Å². The van der Waals surface area contributed by atoms with Gasteiger partial charge in [0, 0.05) is 38.3 Å². The Morgan fingerprint density at radius 3 is 2.28 bits per heavy atom. The van der Waals surface area contributed by atoms with Gasteiger partial charge in [-0.3, -0.25) is 9.69 Å². The SMILES string of the molecule is COc1cc(CN2CC(=O)N(C3CC4(CCN(C(=O)O)CC4)C3)C(c3ccccc3C(C)C)C2)cc(OC)c1. The van der Waals surface area contributed by atoms with Crippen molar-refractivity contribution in [2.45, 2.75) is 64.1 Å². The Hall–Kier alpha value is -3.26. The lowest BCUT2D eigenvalue weighted by atomic mass is 9.59. The van der Waals surface area contributed by atoms with Crippen molar-refractivity contribution >= 4 is 12.0 Å². The third kappa shape index (κ3) is 5.57. The molecule has 210 valence electrons. The maximum atomic E-state index is 13.9. The van der Waals surface area contributed by atoms with Crippen molar-refractivity contribution in [1.29, 1.82) is 0 Å². The molecule has 5 rings (SSSR count). The van der Waals surface area contributed by atoms with E-state index in [9.17, 15) is 14.7 Å². The minimum absolute atomic E-state index is 0.0289. The smallest absolute Gasteiger partial charge is 0.407 e. The lowest BCUT2D eigenvalue weighted by Gasteiger charge is -2.58. The van der Waals surface area contributed by atoms with Crippen LogP contribution in [-0.2, 0) is 11.3 Å². The van der Waals surface area contributed by atoms with E-state index in [4.69, 9.17) is 9.47 Å². The molecule has 2 aromatic rings. The number of hydrogen-bond donors (Lipinski definition) is 1. The van der Waals surface area contributed by atoms with Crippen LogP contribution in [0.5, 0.6) is 11.5 Å². The minimum Gasteiger partial charge on any atom is -0.497 e. The third-order valence-corrected chi connectivity index (χ3v) is 9.03. The molecule has 3 fully saturated rings. The summed E-state index contributed by atoms with van der Waals surface area (Å²) in [7, 11) is 3.30. The molecule has 8 nitrogen and oxygen atoms in total. The van der Waals surface area contributed by atoms with Crippen LogP contribution in [0.4, 0.5) is 4.79 Å². The molecule has 0 aromatic heterocycles. The highest BCUT2D eigenvalue weighted by molar-refractivity contribution is 5.80. The fourth-order valence-corrected chi connectivity index (χ4v) is 6.94. The maximum absolute atomic E-state index is 13.9. The summed E-state index contributed by atoms with van der Waals surface area (Å²) in [6.45, 7) is 7.36. The number of piperidine rings is 1. The maximum Gasteiger partial charge on any atom is 0.407 e. The predicted molar refractivity (Wildman–Crippen MR) is 149 cm³/mol. The van der Waals surface area contributed by atoms with E-state index in [1.54, 1.807) is 14.2 Å². The molecular formula is C31H41N3O5. The van der Waals surface area contributed by atoms with Crippen LogP contribution in [-0.4, -0.2) is 78.2 Å². The van der Waals surface area contributed by atoms with Crippen molar-refractivity contribution in [3.05, 3.63) is 59.2 Å². The Kier molecular flexibility index (Phi) is 7.76. The zero-order chi connectivity index (χ0) is 27.7. The molecule has 2 aliphatic heterocycles. The Balaban J connectivity index is 1.39. The summed E-state index contributed by atoms with van der Waals surface area (Å²) in [6.07, 6.45) is 2.86. The molecule has 2 amide bonds. The fourth-order valence-electron chi connectivity index (χ4n) is 6.94. The Morgan fingerprint density at radius 2 is 1.69 bits per heavy atom. The Labute approximate surface area is 231 Å². The van der Waals surface area contributed by atoms with Gasteiger partial charge in [-0.25, -0.2) is 4.79 Å². The number of ether oxygens (including phenoxy) is 2. The zero-order valence-electron chi connectivity index (χ0n) is 23.6. The lowest BCUT2D eigenvalue weighted by molar-refractivity contribution is -0.153. The number of piperazine rings is 1. The van der Waals surface area contributed by atoms with Gasteiger partial charge in [0.1, 0.15) is 11.5 Å². The predicted octanol–water partition coefficient (Wildman–Crippen LogP) is 5.14. The summed E-state index contributed by atoms with van der Waals surface area (Å²) in [4.78, 5) is 31.3. The monoisotopic (exact) mass is 535 g/mol. The summed E-state index contributed by atoms with van der Waals surface area (Å²) >= 11 is 0. The largest absolute Gasteiger partial charge is 0.497 e. The number of hydrogen-bond acceptors (Lipinski definition) is 5. The Morgan fingerprint density at radius 1 is 1.05 bits per heavy atom. The summed E-state index contributed by atoms with van der Waals surface area (Å²) in [5.41, 5.74) is 3.73. The zero-order valence-corrected chi connectivity index (χ0v) is 23.6. The first kappa shape index (κ1) is 27.3. The molecule has 8 heteroatoms. The van der Waals surface area contributed by atoms with Crippen LogP contribution < -0.4 is 9.47 Å². The van der Waals surface area contributed by atoms with E-state index in [2.05, 4.69) is 47.9 Å². The number of carboxylic acid groups (broad SMARTS) is 1. The highest BCUT2D eigenvalue weighted by Crippen LogP contribution is 2.53. The van der Waals surface area contributed by atoms with Crippen molar-refractivity contribution in [3.8, 4) is 11.5 Å². The molecule has 39 heavy (non-hydrogen) atoms. The van der Waals surface area contributed by atoms with Gasteiger partial charge in [0.05, 0.1) is 26.8 Å². The molecule has 1 unspecified atom stereocenters. The van der Waals surface area contributed by atoms with E-state index in [0.29, 0.717) is 32.1 Å². The van der Waals surface area contributed by atoms with E-state index in [-0.39, 0.29) is 23.4 Å². The molecule has 0 bridgehead atoms. The molecule has 2 heterocycles. The molecule has 0 radical (unpaired) electrons. The summed E-state index contributed by atoms with van der Waals surface area (Å²) < 4.78 is 11.0. The van der Waals surface area contributed by atoms with Gasteiger partial charge < -0.3 is 24.4 Å². The molecule has 1 spiro atoms. The second-order valence-electron chi connectivity index (χ2n) is 11.8. The normalized spacial score (nSPS) is 21.8. The number of amides is 2. The van der Waals surface area contributed by atoms with Crippen LogP contribution >= 0.6 is 0 Å². The van der Waals surface area contributed by atoms with Gasteiger partial charge in [-0.1, -0.05) is 38.1 Å². The molecular weight excluding hydrogens is 494 g/mol. The van der Waals surface area contributed by atoms with Gasteiger partial charge in [0.25, 0.3) is 0 Å². The molecule has 2 aromatic carbocycles. The number of benzene rings is 2. The van der Waals surface area contributed by atoms with Crippen LogP contribution in [0.1, 0.15) is 68.2 Å². The van der Waals surface area contributed by atoms with E-state index >= 15 is 0 Å². The van der Waals surface area contributed by atoms with Crippen molar-refractivity contribution in [1.82, 2.24) is 14.7 Å². The van der Waals surface area contributed by atoms with Crippen LogP contribution in [0.15, 0.2) is 42.5 Å². The highest BCUT2D eigenvalue weighted by Gasteiger charge is 2.52. The van der Waals surface area contributed by atoms with E-state index in [1.807, 2.05) is 18.2 Å². The first-order valence-electron chi connectivity index (χ1n) is 14.0. The second-order valence-corrected chi connectivity index (χ2v) is 11.8. The summed E-state index contributed by atoms with van der Waals surface area (Å²) in [5, 5.41) is 9.36. The number of carbonyl (C=O) groups excluding carboxylic acids is 1. The van der Waals surface area contributed by atoms with E-state index < -0.39 is 6.09 Å². The number of methoxy groups -OCH3 is 2. The van der Waals surface area contributed by atoms with Crippen molar-refractivity contribution in [2.24, 2.45) is 5.41 Å². The number of likely N-dealkylation sites (tertiary alicyclic amines) is 1. The van der Waals surface area contributed by atoms with Crippen molar-refractivity contribution < 1.29 is 24.2 Å². The number of nitrogens with zero attached hydrogens (tertiary/aromatic N) is 3. The minimum atomic E-state index is -0.828. The molecule has 1 saturated carbocycles. The lowest BCUT2D eigenvalue weighted by Crippen LogP contribution is -2.62. The van der Waals surface area contributed by atoms with Gasteiger partial charge in [-0.15, -0.1) is 0 Å². The van der Waals surface area contributed by atoms with Crippen molar-refractivity contribution in [2.75, 3.05) is 40.4 Å². The molecule has 3 aliphatic rings. The third-order valence-electron chi connectivity index (χ3n) is 9.03. The molecule has 1 atom stereocenters. The quantitative estimate of drug-likeness (QED) is 0.529. The summed E-state index contributed by atoms with van der Waals surface area (Å²) in [6, 6.07) is 14.6. The van der Waals surface area contributed by atoms with Gasteiger partial charge in [-0.2, -0.15) is 0 Å². The summed E-state index contributed by atoms with van der Waals surface area (Å²) in [5.74, 6) is 2.00. The average molecular weight is 536 g/mol. The number of rotatable bonds is 7. The molecule has 1 N–H and O–H groups in total. The van der Waals surface area contributed by atoms with Crippen LogP contribution in [0.3, 0.4) is 0 Å². The van der Waals surface area contributed by atoms with Crippen LogP contribution in [0.2, 0.25) is 0 Å². The van der Waals surface area contributed by atoms with E-state index in [1.165, 1.54) is 16.0 Å². The standard InChI is InChI=1S/C31H41N3O5/c1-21(2)26-7-5-6-8-27(26)28-19-32(18-22-13-24(38-3)15-25(14-22)39-4)20-29(35)34(28)23-16-31(17-23)9-11-33(12-10-31)30(36)37/h5-8,13-15,21,23,28H,9-12,16-20H2,1-4H3,(H,36,37). The van der Waals surface area contributed by atoms with Gasteiger partial charge >= 0.3 is 6.09 Å². The number of carbonyl (C=O) groups is 2. The molecule has 2 saturated heterocycles. The average Bonchev–Trinajstić information content (AvgIpc) is 2.91. The van der Waals surface area contributed by atoms with Crippen LogP contribution in [0.25, 0.3) is 0 Å². The van der Waals surface area contributed by atoms with Gasteiger partial charge in [0.2, 0.25) is 5.91 Å².